The molecule has 0 aliphatic heterocycles. The average Bonchev–Trinajstić information content (AvgIpc) is 2.62. The van der Waals surface area contributed by atoms with Crippen LogP contribution < -0.4 is 5.32 Å². The van der Waals surface area contributed by atoms with Gasteiger partial charge in [0.1, 0.15) is 0 Å². The minimum Gasteiger partial charge on any atom is -0.316 e. The van der Waals surface area contributed by atoms with Gasteiger partial charge in [0.25, 0.3) is 0 Å². The topological polar surface area (TPSA) is 12.0 Å². The van der Waals surface area contributed by atoms with E-state index in [1.807, 2.05) is 0 Å². The molecule has 4 atom stereocenters. The zero-order valence-electron chi connectivity index (χ0n) is 15.0. The number of rotatable bonds is 5. The summed E-state index contributed by atoms with van der Waals surface area (Å²) in [6.45, 7) is 12.1. The minimum atomic E-state index is 0.781. The fourth-order valence-corrected chi connectivity index (χ4v) is 5.20. The van der Waals surface area contributed by atoms with Gasteiger partial charge in [0.05, 0.1) is 0 Å². The highest BCUT2D eigenvalue weighted by Crippen LogP contribution is 2.43. The second-order valence-electron chi connectivity index (χ2n) is 8.79. The summed E-state index contributed by atoms with van der Waals surface area (Å²) in [5.41, 5.74) is 0. The Morgan fingerprint density at radius 1 is 0.905 bits per heavy atom. The molecule has 2 rings (SSSR count). The van der Waals surface area contributed by atoms with Gasteiger partial charge >= 0.3 is 0 Å². The third-order valence-corrected chi connectivity index (χ3v) is 6.00. The van der Waals surface area contributed by atoms with Crippen molar-refractivity contribution in [1.82, 2.24) is 5.32 Å². The van der Waals surface area contributed by atoms with E-state index in [4.69, 9.17) is 0 Å². The van der Waals surface area contributed by atoms with Crippen LogP contribution in [0.3, 0.4) is 0 Å². The summed E-state index contributed by atoms with van der Waals surface area (Å²) >= 11 is 0. The van der Waals surface area contributed by atoms with Gasteiger partial charge in [0.15, 0.2) is 0 Å². The van der Waals surface area contributed by atoms with Gasteiger partial charge in [-0.25, -0.2) is 0 Å². The van der Waals surface area contributed by atoms with Crippen LogP contribution in [0, 0.1) is 35.5 Å². The molecule has 0 bridgehead atoms. The van der Waals surface area contributed by atoms with Crippen molar-refractivity contribution in [2.45, 2.75) is 79.1 Å². The molecule has 2 fully saturated rings. The van der Waals surface area contributed by atoms with E-state index < -0.39 is 0 Å². The van der Waals surface area contributed by atoms with Crippen LogP contribution in [0.25, 0.3) is 0 Å². The predicted octanol–water partition coefficient (Wildman–Crippen LogP) is 5.50. The summed E-state index contributed by atoms with van der Waals surface area (Å²) in [6, 6.07) is 0. The SMILES string of the molecule is CC(C)CNCC1CCCCCC1C1CC(C)CC(C)C1. The molecule has 0 aromatic carbocycles. The summed E-state index contributed by atoms with van der Waals surface area (Å²) in [7, 11) is 0. The molecular weight excluding hydrogens is 254 g/mol. The van der Waals surface area contributed by atoms with Crippen LogP contribution >= 0.6 is 0 Å². The second-order valence-corrected chi connectivity index (χ2v) is 8.79. The van der Waals surface area contributed by atoms with Crippen molar-refractivity contribution in [3.8, 4) is 0 Å². The fraction of sp³-hybridized carbons (Fsp3) is 1.00. The van der Waals surface area contributed by atoms with E-state index in [2.05, 4.69) is 33.0 Å². The molecule has 1 heteroatoms. The van der Waals surface area contributed by atoms with Crippen LogP contribution in [0.4, 0.5) is 0 Å². The highest BCUT2D eigenvalue weighted by atomic mass is 14.9. The van der Waals surface area contributed by atoms with Crippen molar-refractivity contribution in [2.24, 2.45) is 35.5 Å². The Labute approximate surface area is 133 Å². The average molecular weight is 294 g/mol. The van der Waals surface area contributed by atoms with Crippen LogP contribution in [0.5, 0.6) is 0 Å². The molecule has 0 saturated heterocycles. The molecule has 2 aliphatic rings. The van der Waals surface area contributed by atoms with Gasteiger partial charge in [-0.15, -0.1) is 0 Å². The largest absolute Gasteiger partial charge is 0.316 e. The molecule has 2 aliphatic carbocycles. The molecule has 0 heterocycles. The molecule has 0 amide bonds. The third-order valence-electron chi connectivity index (χ3n) is 6.00. The first-order chi connectivity index (χ1) is 10.1. The van der Waals surface area contributed by atoms with Gasteiger partial charge in [-0.1, -0.05) is 47.0 Å². The van der Waals surface area contributed by atoms with E-state index in [0.29, 0.717) is 0 Å². The zero-order valence-corrected chi connectivity index (χ0v) is 15.0. The Morgan fingerprint density at radius 2 is 1.57 bits per heavy atom. The van der Waals surface area contributed by atoms with Crippen LogP contribution in [0.2, 0.25) is 0 Å². The van der Waals surface area contributed by atoms with Crippen LogP contribution in [-0.4, -0.2) is 13.1 Å². The van der Waals surface area contributed by atoms with Gasteiger partial charge < -0.3 is 5.32 Å². The van der Waals surface area contributed by atoms with Crippen molar-refractivity contribution < 1.29 is 0 Å². The number of hydrogen-bond acceptors (Lipinski definition) is 1. The first-order valence-electron chi connectivity index (χ1n) is 9.77. The Morgan fingerprint density at radius 3 is 2.24 bits per heavy atom. The maximum atomic E-state index is 3.77. The van der Waals surface area contributed by atoms with Crippen LogP contribution in [0.1, 0.15) is 79.1 Å². The molecule has 4 unspecified atom stereocenters. The highest BCUT2D eigenvalue weighted by molar-refractivity contribution is 4.86. The monoisotopic (exact) mass is 293 g/mol. The predicted molar refractivity (Wildman–Crippen MR) is 93.4 cm³/mol. The van der Waals surface area contributed by atoms with E-state index >= 15 is 0 Å². The third kappa shape index (κ3) is 5.58. The number of hydrogen-bond donors (Lipinski definition) is 1. The van der Waals surface area contributed by atoms with Gasteiger partial charge in [0, 0.05) is 0 Å². The van der Waals surface area contributed by atoms with Crippen LogP contribution in [-0.2, 0) is 0 Å². The van der Waals surface area contributed by atoms with Gasteiger partial charge in [-0.2, -0.15) is 0 Å². The maximum absolute atomic E-state index is 3.77. The number of nitrogens with one attached hydrogen (secondary N) is 1. The minimum absolute atomic E-state index is 0.781. The van der Waals surface area contributed by atoms with Crippen molar-refractivity contribution in [2.75, 3.05) is 13.1 Å². The lowest BCUT2D eigenvalue weighted by molar-refractivity contribution is 0.112. The second kappa shape index (κ2) is 8.56. The molecule has 2 saturated carbocycles. The first-order valence-corrected chi connectivity index (χ1v) is 9.77. The molecule has 0 radical (unpaired) electrons. The molecular formula is C20H39N. The van der Waals surface area contributed by atoms with Crippen molar-refractivity contribution >= 4 is 0 Å². The molecule has 124 valence electrons. The van der Waals surface area contributed by atoms with Crippen LogP contribution in [0.15, 0.2) is 0 Å². The quantitative estimate of drug-likeness (QED) is 0.660. The zero-order chi connectivity index (χ0) is 15.2. The smallest absolute Gasteiger partial charge is 0.00177 e. The molecule has 0 aromatic rings. The summed E-state index contributed by atoms with van der Waals surface area (Å²) in [6.07, 6.45) is 11.9. The Bertz CT molecular complexity index is 276. The maximum Gasteiger partial charge on any atom is -0.00177 e. The Hall–Kier alpha value is -0.0400. The normalized spacial score (nSPS) is 38.4. The lowest BCUT2D eigenvalue weighted by atomic mass is 9.67. The molecule has 0 aromatic heterocycles. The van der Waals surface area contributed by atoms with Gasteiger partial charge in [-0.05, 0) is 80.7 Å². The van der Waals surface area contributed by atoms with Gasteiger partial charge in [-0.3, -0.25) is 0 Å². The summed E-state index contributed by atoms with van der Waals surface area (Å²) in [5.74, 6) is 5.69. The standard InChI is InChI=1S/C20H39N/c1-15(2)13-21-14-18-8-6-5-7-9-20(18)19-11-16(3)10-17(4)12-19/h15-21H,5-14H2,1-4H3. The lowest BCUT2D eigenvalue weighted by Crippen LogP contribution is -2.36. The van der Waals surface area contributed by atoms with E-state index in [0.717, 1.165) is 35.5 Å². The summed E-state index contributed by atoms with van der Waals surface area (Å²) < 4.78 is 0. The van der Waals surface area contributed by atoms with E-state index in [9.17, 15) is 0 Å². The Kier molecular flexibility index (Phi) is 7.05. The molecule has 0 spiro atoms. The highest BCUT2D eigenvalue weighted by Gasteiger charge is 2.34. The summed E-state index contributed by atoms with van der Waals surface area (Å²) in [5, 5.41) is 3.77. The van der Waals surface area contributed by atoms with Crippen molar-refractivity contribution in [3.63, 3.8) is 0 Å². The fourth-order valence-electron chi connectivity index (χ4n) is 5.20. The first kappa shape index (κ1) is 17.3. The molecule has 1 N–H and O–H groups in total. The molecule has 21 heavy (non-hydrogen) atoms. The van der Waals surface area contributed by atoms with E-state index in [1.165, 1.54) is 64.5 Å². The Balaban J connectivity index is 1.94. The van der Waals surface area contributed by atoms with E-state index in [-0.39, 0.29) is 0 Å². The van der Waals surface area contributed by atoms with Crippen molar-refractivity contribution in [1.29, 1.82) is 0 Å². The summed E-state index contributed by atoms with van der Waals surface area (Å²) in [4.78, 5) is 0. The lowest BCUT2D eigenvalue weighted by Gasteiger charge is -2.40. The van der Waals surface area contributed by atoms with E-state index in [1.54, 1.807) is 0 Å². The van der Waals surface area contributed by atoms with Gasteiger partial charge in [0.2, 0.25) is 0 Å². The molecule has 1 nitrogen and oxygen atoms in total. The van der Waals surface area contributed by atoms with Crippen molar-refractivity contribution in [3.05, 3.63) is 0 Å².